The summed E-state index contributed by atoms with van der Waals surface area (Å²) < 4.78 is 171. The number of rotatable bonds is 22. The summed E-state index contributed by atoms with van der Waals surface area (Å²) in [5, 5.41) is 0. The smallest absolute Gasteiger partial charge is 1.00 e. The van der Waals surface area contributed by atoms with Gasteiger partial charge in [-0.15, -0.1) is 0 Å². The zero-order chi connectivity index (χ0) is 39.8. The van der Waals surface area contributed by atoms with Gasteiger partial charge in [0.25, 0.3) is 0 Å². The molecule has 0 rings (SSSR count). The topological polar surface area (TPSA) is 590 Å². The van der Waals surface area contributed by atoms with Crippen LogP contribution in [0.15, 0.2) is 0 Å². The van der Waals surface area contributed by atoms with E-state index in [0.29, 0.717) is 0 Å². The molecular formula is H17Na3O37P12. The van der Waals surface area contributed by atoms with Gasteiger partial charge >= 0.3 is 183 Å². The molecule has 52 heteroatoms. The summed E-state index contributed by atoms with van der Waals surface area (Å²) in [5.74, 6) is 0. The summed E-state index contributed by atoms with van der Waals surface area (Å²) in [6, 6.07) is 0. The summed E-state index contributed by atoms with van der Waals surface area (Å²) in [6.45, 7) is 0. The van der Waals surface area contributed by atoms with Crippen molar-refractivity contribution in [3.05, 3.63) is 0 Å². The van der Waals surface area contributed by atoms with Crippen LogP contribution in [-0.2, 0) is 102 Å². The Balaban J connectivity index is -0.000000768. The molecule has 0 radical (unpaired) electrons. The Kier molecular flexibility index (Phi) is 26.5. The molecule has 0 fully saturated rings. The van der Waals surface area contributed by atoms with Crippen molar-refractivity contribution >= 4 is 93.9 Å². The van der Waals surface area contributed by atoms with Crippen LogP contribution in [0.3, 0.4) is 0 Å². The molecule has 0 aliphatic rings. The van der Waals surface area contributed by atoms with Crippen molar-refractivity contribution < 1.29 is 264 Å². The SMILES string of the molecule is O=P(O)(O)OP(=O)(O)OP(=O)(O)OP(=O)(O)OP(=O)(O)OP(=O)(O)OP(=O)(O)OP(=O)(O)OP(=O)(O)OP(=O)(O)OP(=O)(O)OP(=O)(O)O.[H-].[H-].[H-].[Na+].[Na+].[Na+]. The van der Waals surface area contributed by atoms with Gasteiger partial charge in [0, 0.05) is 0 Å². The third-order valence-electron chi connectivity index (χ3n) is 2.28. The molecule has 0 aromatic rings. The van der Waals surface area contributed by atoms with Gasteiger partial charge in [-0.1, -0.05) is 0 Å². The molecule has 0 amide bonds. The minimum absolute atomic E-state index is 0. The molecule has 0 aromatic carbocycles. The Labute approximate surface area is 354 Å². The van der Waals surface area contributed by atoms with Crippen LogP contribution in [-0.4, -0.2) is 68.5 Å². The van der Waals surface area contributed by atoms with Crippen molar-refractivity contribution in [3.8, 4) is 0 Å². The Morgan fingerprint density at radius 2 is 0.288 bits per heavy atom. The molecule has 10 unspecified atom stereocenters. The van der Waals surface area contributed by atoms with E-state index in [2.05, 4.69) is 47.4 Å². The Bertz CT molecular complexity index is 1700. The van der Waals surface area contributed by atoms with E-state index in [1.165, 1.54) is 0 Å². The van der Waals surface area contributed by atoms with E-state index in [-0.39, 0.29) is 93.0 Å². The first-order chi connectivity index (χ1) is 20.8. The third kappa shape index (κ3) is 31.6. The van der Waals surface area contributed by atoms with E-state index in [0.717, 1.165) is 0 Å². The van der Waals surface area contributed by atoms with E-state index < -0.39 is 93.9 Å². The average Bonchev–Trinajstić information content (AvgIpc) is 2.52. The first-order valence-corrected chi connectivity index (χ1v) is 27.0. The van der Waals surface area contributed by atoms with Crippen molar-refractivity contribution in [2.24, 2.45) is 0 Å². The van der Waals surface area contributed by atoms with Crippen molar-refractivity contribution in [2.45, 2.75) is 0 Å². The summed E-state index contributed by atoms with van der Waals surface area (Å²) in [4.78, 5) is 125. The molecule has 302 valence electrons. The maximum absolute atomic E-state index is 11.8. The van der Waals surface area contributed by atoms with Gasteiger partial charge in [-0.25, -0.2) is 54.8 Å². The molecular weight excluding hydrogens is 1030 g/mol. The van der Waals surface area contributed by atoms with Crippen LogP contribution in [0, 0.1) is 0 Å². The maximum atomic E-state index is 11.8. The van der Waals surface area contributed by atoms with Gasteiger partial charge in [-0.3, -0.25) is 0 Å². The predicted molar refractivity (Wildman–Crippen MR) is 138 cm³/mol. The fraction of sp³-hybridized carbons (Fsp3) is 0. The molecule has 52 heavy (non-hydrogen) atoms. The molecule has 0 heterocycles. The van der Waals surface area contributed by atoms with E-state index in [9.17, 15) is 84.1 Å². The van der Waals surface area contributed by atoms with Crippen LogP contribution < -0.4 is 88.7 Å². The molecule has 0 aromatic heterocycles. The van der Waals surface area contributed by atoms with Gasteiger partial charge in [0.15, 0.2) is 0 Å². The van der Waals surface area contributed by atoms with Crippen LogP contribution in [0.25, 0.3) is 0 Å². The largest absolute Gasteiger partial charge is 1.00 e. The van der Waals surface area contributed by atoms with Gasteiger partial charge in [0.1, 0.15) is 0 Å². The number of hydrogen-bond acceptors (Lipinski definition) is 23. The van der Waals surface area contributed by atoms with Crippen molar-refractivity contribution in [2.75, 3.05) is 0 Å². The summed E-state index contributed by atoms with van der Waals surface area (Å²) >= 11 is 0. The zero-order valence-electron chi connectivity index (χ0n) is 27.0. The summed E-state index contributed by atoms with van der Waals surface area (Å²) in [5.41, 5.74) is 0. The average molecular weight is 1050 g/mol. The van der Waals surface area contributed by atoms with Crippen molar-refractivity contribution in [1.82, 2.24) is 0 Å². The molecule has 0 aliphatic carbocycles. The predicted octanol–water partition coefficient (Wildman–Crippen LogP) is -8.29. The normalized spacial score (nSPS) is 24.1. The standard InChI is InChI=1S/3Na.H14O37P12.3H/c;;;1-38(2,3)27-40(7,8)29-42(11,12)31-44(15,16)33-46(19,20)35-48(23,24)37-49(25,26)36-47(21,22)34-45(17,18)32-43(13,14)30-41(9,10)28-39(4,5)6;;;/h;;;(H,7,8)(H,9,10)(H,11,12)(H,13,14)(H,15,16)(H,17,18)(H,19,20)(H,21,22)(H,23,24)(H,25,26)(H2,1,2,3)(H2,4,5,6);;;/q3*+1;;3*-1. The van der Waals surface area contributed by atoms with Crippen LogP contribution in [0.5, 0.6) is 0 Å². The van der Waals surface area contributed by atoms with Crippen LogP contribution in [0.4, 0.5) is 0 Å². The maximum Gasteiger partial charge on any atom is 1.00 e. The van der Waals surface area contributed by atoms with Crippen molar-refractivity contribution in [1.29, 1.82) is 0 Å². The second-order valence-corrected chi connectivity index (χ2v) is 25.1. The van der Waals surface area contributed by atoms with E-state index in [4.69, 9.17) is 39.1 Å². The Hall–Kier alpha value is 4.76. The molecule has 0 bridgehead atoms. The summed E-state index contributed by atoms with van der Waals surface area (Å²) in [7, 11) is -79.5. The first kappa shape index (κ1) is 63.4. The third-order valence-corrected chi connectivity index (χ3v) is 20.5. The first-order valence-electron chi connectivity index (χ1n) is 9.01. The molecule has 0 saturated heterocycles. The second-order valence-electron chi connectivity index (χ2n) is 6.56. The fourth-order valence-corrected chi connectivity index (χ4v) is 17.0. The van der Waals surface area contributed by atoms with Crippen molar-refractivity contribution in [3.63, 3.8) is 0 Å². The van der Waals surface area contributed by atoms with Crippen LogP contribution in [0.1, 0.15) is 4.28 Å². The number of phosphoric acid groups is 12. The van der Waals surface area contributed by atoms with E-state index in [1.807, 2.05) is 0 Å². The van der Waals surface area contributed by atoms with Gasteiger partial charge in [-0.2, -0.15) is 47.4 Å². The van der Waals surface area contributed by atoms with Crippen LogP contribution >= 0.6 is 93.9 Å². The minimum Gasteiger partial charge on any atom is -1.00 e. The van der Waals surface area contributed by atoms with Gasteiger partial charge in [0.05, 0.1) is 0 Å². The quantitative estimate of drug-likeness (QED) is 0.0354. The Morgan fingerprint density at radius 1 is 0.212 bits per heavy atom. The molecule has 0 saturated carbocycles. The molecule has 37 nitrogen and oxygen atoms in total. The second kappa shape index (κ2) is 21.7. The monoisotopic (exact) mass is 1050 g/mol. The molecule has 0 spiro atoms. The van der Waals surface area contributed by atoms with Gasteiger partial charge in [-0.05, 0) is 0 Å². The Morgan fingerprint density at radius 3 is 0.365 bits per heavy atom. The van der Waals surface area contributed by atoms with Crippen LogP contribution in [0.2, 0.25) is 0 Å². The molecule has 0 aliphatic heterocycles. The van der Waals surface area contributed by atoms with Gasteiger partial charge in [0.2, 0.25) is 0 Å². The van der Waals surface area contributed by atoms with Gasteiger partial charge < -0.3 is 72.8 Å². The minimum atomic E-state index is -6.95. The number of hydrogen-bond donors (Lipinski definition) is 14. The molecule has 14 N–H and O–H groups in total. The van der Waals surface area contributed by atoms with E-state index in [1.54, 1.807) is 0 Å². The summed E-state index contributed by atoms with van der Waals surface area (Å²) in [6.07, 6.45) is 0. The van der Waals surface area contributed by atoms with E-state index >= 15 is 0 Å². The fourth-order valence-electron chi connectivity index (χ4n) is 1.59. The zero-order valence-corrected chi connectivity index (χ0v) is 40.8. The molecule has 10 atom stereocenters.